The molecule has 9 aromatic rings. The third kappa shape index (κ3) is 3.87. The fourth-order valence-electron chi connectivity index (χ4n) is 6.24. The van der Waals surface area contributed by atoms with Crippen molar-refractivity contribution in [2.45, 2.75) is 0 Å². The van der Waals surface area contributed by atoms with E-state index in [2.05, 4.69) is 89.5 Å². The Morgan fingerprint density at radius 2 is 0.977 bits per heavy atom. The second-order valence-corrected chi connectivity index (χ2v) is 11.9. The first-order chi connectivity index (χ1) is 21.8. The zero-order chi connectivity index (χ0) is 29.0. The predicted molar refractivity (Wildman–Crippen MR) is 183 cm³/mol. The molecular formula is C39H24N4S. The highest BCUT2D eigenvalue weighted by Crippen LogP contribution is 2.46. The second kappa shape index (κ2) is 9.97. The van der Waals surface area contributed by atoms with Gasteiger partial charge in [-0.1, -0.05) is 127 Å². The molecule has 0 fully saturated rings. The molecule has 0 saturated carbocycles. The molecule has 9 rings (SSSR count). The van der Waals surface area contributed by atoms with Gasteiger partial charge in [-0.05, 0) is 23.6 Å². The van der Waals surface area contributed by atoms with Crippen molar-refractivity contribution in [2.75, 3.05) is 0 Å². The van der Waals surface area contributed by atoms with Crippen LogP contribution in [0.4, 0.5) is 0 Å². The Kier molecular flexibility index (Phi) is 5.64. The van der Waals surface area contributed by atoms with Gasteiger partial charge in [0.05, 0.1) is 15.7 Å². The molecule has 3 aromatic heterocycles. The molecule has 0 spiro atoms. The molecule has 0 radical (unpaired) electrons. The number of benzene rings is 6. The molecule has 0 N–H and O–H groups in total. The number of aromatic nitrogens is 4. The van der Waals surface area contributed by atoms with Crippen LogP contribution in [0.5, 0.6) is 0 Å². The summed E-state index contributed by atoms with van der Waals surface area (Å²) in [6, 6.07) is 50.6. The maximum atomic E-state index is 5.07. The summed E-state index contributed by atoms with van der Waals surface area (Å²) in [5.74, 6) is 2.00. The zero-order valence-electron chi connectivity index (χ0n) is 23.6. The topological polar surface area (TPSA) is 43.6 Å². The molecule has 0 aliphatic rings. The molecule has 0 saturated heterocycles. The minimum absolute atomic E-state index is 0.665. The van der Waals surface area contributed by atoms with Crippen molar-refractivity contribution < 1.29 is 0 Å². The first kappa shape index (κ1) is 24.9. The summed E-state index contributed by atoms with van der Waals surface area (Å²) in [5.41, 5.74) is 6.53. The number of hydrogen-bond acceptors (Lipinski definition) is 4. The SMILES string of the molecule is c1ccc(-c2nc(-c3ccccc3)nc(-c3cccc4c3sc3c5ccc6ccccc6c5n(-c5ccccc5)c43)n2)cc1. The quantitative estimate of drug-likeness (QED) is 0.208. The van der Waals surface area contributed by atoms with Crippen LogP contribution in [0, 0.1) is 0 Å². The fraction of sp³-hybridized carbons (Fsp3) is 0. The van der Waals surface area contributed by atoms with Crippen LogP contribution in [0.3, 0.4) is 0 Å². The van der Waals surface area contributed by atoms with Gasteiger partial charge in [-0.25, -0.2) is 15.0 Å². The van der Waals surface area contributed by atoms with Gasteiger partial charge in [-0.15, -0.1) is 11.3 Å². The molecule has 0 unspecified atom stereocenters. The van der Waals surface area contributed by atoms with Gasteiger partial charge in [0.1, 0.15) is 0 Å². The van der Waals surface area contributed by atoms with Crippen LogP contribution in [0.2, 0.25) is 0 Å². The van der Waals surface area contributed by atoms with Crippen LogP contribution in [-0.2, 0) is 0 Å². The van der Waals surface area contributed by atoms with E-state index >= 15 is 0 Å². The Morgan fingerprint density at radius 1 is 0.409 bits per heavy atom. The van der Waals surface area contributed by atoms with E-state index in [1.165, 1.54) is 42.0 Å². The van der Waals surface area contributed by atoms with Gasteiger partial charge in [-0.3, -0.25) is 0 Å². The lowest BCUT2D eigenvalue weighted by molar-refractivity contribution is 1.08. The lowest BCUT2D eigenvalue weighted by Crippen LogP contribution is -2.00. The molecule has 0 amide bonds. The Morgan fingerprint density at radius 3 is 1.68 bits per heavy atom. The zero-order valence-corrected chi connectivity index (χ0v) is 24.4. The number of para-hydroxylation sites is 1. The number of nitrogens with zero attached hydrogens (tertiary/aromatic N) is 4. The smallest absolute Gasteiger partial charge is 0.165 e. The molecule has 4 nitrogen and oxygen atoms in total. The molecule has 0 aliphatic carbocycles. The first-order valence-corrected chi connectivity index (χ1v) is 15.5. The monoisotopic (exact) mass is 580 g/mol. The number of fused-ring (bicyclic) bond motifs is 7. The van der Waals surface area contributed by atoms with Gasteiger partial charge in [0.25, 0.3) is 0 Å². The summed E-state index contributed by atoms with van der Waals surface area (Å²) in [4.78, 5) is 15.0. The van der Waals surface area contributed by atoms with E-state index in [0.29, 0.717) is 17.5 Å². The Labute approximate surface area is 257 Å². The van der Waals surface area contributed by atoms with Gasteiger partial charge < -0.3 is 4.57 Å². The van der Waals surface area contributed by atoms with Crippen molar-refractivity contribution in [1.29, 1.82) is 0 Å². The average molecular weight is 581 g/mol. The molecule has 3 heterocycles. The number of thiophene rings is 1. The molecule has 0 atom stereocenters. The maximum Gasteiger partial charge on any atom is 0.165 e. The van der Waals surface area contributed by atoms with Gasteiger partial charge in [-0.2, -0.15) is 0 Å². The van der Waals surface area contributed by atoms with Crippen LogP contribution in [0.15, 0.2) is 146 Å². The molecule has 5 heteroatoms. The highest BCUT2D eigenvalue weighted by atomic mass is 32.1. The molecule has 206 valence electrons. The van der Waals surface area contributed by atoms with Gasteiger partial charge in [0, 0.05) is 43.2 Å². The average Bonchev–Trinajstić information content (AvgIpc) is 3.64. The Bertz CT molecular complexity index is 2420. The molecule has 0 aliphatic heterocycles. The standard InChI is InChI=1S/C39H24N4S/c1-4-14-26(15-5-1)37-40-38(27-16-6-2-7-17-27)42-39(41-37)32-22-12-21-30-34-36(44-35(30)32)31-24-23-25-13-10-11-20-29(25)33(31)43(34)28-18-8-3-9-19-28/h1-24H. The van der Waals surface area contributed by atoms with Crippen molar-refractivity contribution in [3.05, 3.63) is 146 Å². The molecule has 0 bridgehead atoms. The minimum Gasteiger partial charge on any atom is -0.307 e. The summed E-state index contributed by atoms with van der Waals surface area (Å²) >= 11 is 1.82. The van der Waals surface area contributed by atoms with Crippen molar-refractivity contribution in [2.24, 2.45) is 0 Å². The summed E-state index contributed by atoms with van der Waals surface area (Å²) in [6.07, 6.45) is 0. The first-order valence-electron chi connectivity index (χ1n) is 14.6. The highest BCUT2D eigenvalue weighted by molar-refractivity contribution is 7.27. The Hall–Kier alpha value is -5.65. The number of rotatable bonds is 4. The molecule has 44 heavy (non-hydrogen) atoms. The van der Waals surface area contributed by atoms with Crippen molar-refractivity contribution in [1.82, 2.24) is 19.5 Å². The van der Waals surface area contributed by atoms with Crippen molar-refractivity contribution >= 4 is 53.3 Å². The van der Waals surface area contributed by atoms with Crippen LogP contribution in [0.25, 0.3) is 81.8 Å². The van der Waals surface area contributed by atoms with E-state index in [9.17, 15) is 0 Å². The highest BCUT2D eigenvalue weighted by Gasteiger charge is 2.22. The number of hydrogen-bond donors (Lipinski definition) is 0. The summed E-state index contributed by atoms with van der Waals surface area (Å²) in [7, 11) is 0. The molecular weight excluding hydrogens is 557 g/mol. The van der Waals surface area contributed by atoms with Crippen molar-refractivity contribution in [3.8, 4) is 39.9 Å². The predicted octanol–water partition coefficient (Wildman–Crippen LogP) is 10.3. The second-order valence-electron chi connectivity index (χ2n) is 10.9. The van der Waals surface area contributed by atoms with E-state index in [1.54, 1.807) is 0 Å². The largest absolute Gasteiger partial charge is 0.307 e. The summed E-state index contributed by atoms with van der Waals surface area (Å²) in [6.45, 7) is 0. The Balaban J connectivity index is 1.37. The third-order valence-electron chi connectivity index (χ3n) is 8.24. The van der Waals surface area contributed by atoms with E-state index in [-0.39, 0.29) is 0 Å². The van der Waals surface area contributed by atoms with E-state index in [4.69, 9.17) is 15.0 Å². The summed E-state index contributed by atoms with van der Waals surface area (Å²) < 4.78 is 4.87. The third-order valence-corrected chi connectivity index (χ3v) is 9.50. The van der Waals surface area contributed by atoms with Crippen LogP contribution >= 0.6 is 11.3 Å². The van der Waals surface area contributed by atoms with E-state index in [1.807, 2.05) is 72.0 Å². The van der Waals surface area contributed by atoms with Crippen LogP contribution in [-0.4, -0.2) is 19.5 Å². The van der Waals surface area contributed by atoms with Gasteiger partial charge in [0.15, 0.2) is 17.5 Å². The fourth-order valence-corrected chi connectivity index (χ4v) is 7.56. The normalized spacial score (nSPS) is 11.6. The van der Waals surface area contributed by atoms with Gasteiger partial charge in [0.2, 0.25) is 0 Å². The lowest BCUT2D eigenvalue weighted by atomic mass is 10.1. The minimum atomic E-state index is 0.665. The van der Waals surface area contributed by atoms with Crippen LogP contribution < -0.4 is 0 Å². The van der Waals surface area contributed by atoms with E-state index in [0.717, 1.165) is 22.4 Å². The maximum absolute atomic E-state index is 5.07. The summed E-state index contributed by atoms with van der Waals surface area (Å²) in [5, 5.41) is 4.92. The van der Waals surface area contributed by atoms with Crippen LogP contribution in [0.1, 0.15) is 0 Å². The van der Waals surface area contributed by atoms with Gasteiger partial charge >= 0.3 is 0 Å². The lowest BCUT2D eigenvalue weighted by Gasteiger charge is -2.11. The van der Waals surface area contributed by atoms with E-state index < -0.39 is 0 Å². The van der Waals surface area contributed by atoms with Crippen molar-refractivity contribution in [3.63, 3.8) is 0 Å². The molecule has 6 aromatic carbocycles.